The molecule has 4 nitrogen and oxygen atoms in total. The second-order valence-electron chi connectivity index (χ2n) is 6.51. The highest BCUT2D eigenvalue weighted by Crippen LogP contribution is 2.33. The molecule has 0 saturated heterocycles. The summed E-state index contributed by atoms with van der Waals surface area (Å²) in [6, 6.07) is 18.8. The quantitative estimate of drug-likeness (QED) is 0.614. The summed E-state index contributed by atoms with van der Waals surface area (Å²) in [4.78, 5) is 29.3. The molecule has 0 amide bonds. The number of thiazole rings is 1. The van der Waals surface area contributed by atoms with Gasteiger partial charge in [0.05, 0.1) is 11.1 Å². The molecule has 1 atom stereocenters. The molecule has 1 N–H and O–H groups in total. The fourth-order valence-corrected chi connectivity index (χ4v) is 4.07. The Labute approximate surface area is 162 Å². The van der Waals surface area contributed by atoms with E-state index in [1.54, 1.807) is 24.3 Å². The van der Waals surface area contributed by atoms with Crippen LogP contribution in [0.15, 0.2) is 66.0 Å². The summed E-state index contributed by atoms with van der Waals surface area (Å²) in [5.41, 5.74) is 1.17. The van der Waals surface area contributed by atoms with Crippen LogP contribution in [0.2, 0.25) is 0 Å². The first-order valence-electron chi connectivity index (χ1n) is 8.85. The van der Waals surface area contributed by atoms with Gasteiger partial charge in [0.25, 0.3) is 0 Å². The topological polar surface area (TPSA) is 67.3 Å². The molecule has 0 aliphatic carbocycles. The van der Waals surface area contributed by atoms with Gasteiger partial charge in [-0.3, -0.25) is 9.59 Å². The molecule has 0 spiro atoms. The van der Waals surface area contributed by atoms with E-state index in [0.717, 1.165) is 10.6 Å². The van der Waals surface area contributed by atoms with Crippen LogP contribution in [-0.4, -0.2) is 21.8 Å². The van der Waals surface area contributed by atoms with Crippen LogP contribution >= 0.6 is 11.3 Å². The molecule has 0 aliphatic heterocycles. The number of aliphatic carboxylic acids is 1. The van der Waals surface area contributed by atoms with Gasteiger partial charge in [0, 0.05) is 23.8 Å². The largest absolute Gasteiger partial charge is 0.481 e. The van der Waals surface area contributed by atoms with Crippen molar-refractivity contribution in [1.29, 1.82) is 0 Å². The Morgan fingerprint density at radius 2 is 1.67 bits per heavy atom. The Hall–Kier alpha value is -2.79. The molecule has 1 unspecified atom stereocenters. The number of nitrogens with zero attached hydrogens (tertiary/aromatic N) is 1. The van der Waals surface area contributed by atoms with Crippen LogP contribution in [-0.2, 0) is 21.4 Å². The van der Waals surface area contributed by atoms with Crippen LogP contribution in [0.4, 0.5) is 0 Å². The van der Waals surface area contributed by atoms with Crippen molar-refractivity contribution >= 4 is 23.1 Å². The highest BCUT2D eigenvalue weighted by Gasteiger charge is 2.40. The minimum Gasteiger partial charge on any atom is -0.481 e. The van der Waals surface area contributed by atoms with Gasteiger partial charge in [-0.25, -0.2) is 4.98 Å². The molecule has 0 radical (unpaired) electrons. The number of carbonyl (C=O) groups excluding carboxylic acids is 1. The molecular weight excluding hydrogens is 358 g/mol. The predicted octanol–water partition coefficient (Wildman–Crippen LogP) is 4.74. The van der Waals surface area contributed by atoms with E-state index in [0.29, 0.717) is 17.7 Å². The molecule has 1 heterocycles. The number of benzene rings is 2. The zero-order valence-corrected chi connectivity index (χ0v) is 15.9. The minimum atomic E-state index is -1.20. The van der Waals surface area contributed by atoms with Gasteiger partial charge in [0.1, 0.15) is 10.8 Å². The Kier molecular flexibility index (Phi) is 5.81. The summed E-state index contributed by atoms with van der Waals surface area (Å²) in [6.07, 6.45) is 0.455. The smallest absolute Gasteiger partial charge is 0.314 e. The summed E-state index contributed by atoms with van der Waals surface area (Å²) in [6.45, 7) is 1.81. The second-order valence-corrected chi connectivity index (χ2v) is 7.37. The summed E-state index contributed by atoms with van der Waals surface area (Å²) in [5, 5.41) is 12.6. The fraction of sp³-hybridized carbons (Fsp3) is 0.227. The maximum Gasteiger partial charge on any atom is 0.314 e. The third kappa shape index (κ3) is 4.14. The van der Waals surface area contributed by atoms with Gasteiger partial charge < -0.3 is 5.11 Å². The first-order chi connectivity index (χ1) is 13.0. The van der Waals surface area contributed by atoms with Crippen molar-refractivity contribution in [3.8, 4) is 10.6 Å². The lowest BCUT2D eigenvalue weighted by molar-refractivity contribution is -0.146. The SMILES string of the molecule is CCC(CC(=O)Cc1csc(-c2ccccc2)n1)(C(=O)O)c1ccccc1. The van der Waals surface area contributed by atoms with Crippen molar-refractivity contribution in [2.24, 2.45) is 0 Å². The highest BCUT2D eigenvalue weighted by molar-refractivity contribution is 7.13. The summed E-state index contributed by atoms with van der Waals surface area (Å²) >= 11 is 1.49. The van der Waals surface area contributed by atoms with E-state index in [2.05, 4.69) is 4.98 Å². The minimum absolute atomic E-state index is 0.0406. The zero-order chi connectivity index (χ0) is 19.3. The third-order valence-corrected chi connectivity index (χ3v) is 5.73. The third-order valence-electron chi connectivity index (χ3n) is 4.79. The molecule has 0 saturated carbocycles. The van der Waals surface area contributed by atoms with Crippen LogP contribution in [0.1, 0.15) is 31.0 Å². The molecule has 3 rings (SSSR count). The molecular formula is C22H21NO3S. The monoisotopic (exact) mass is 379 g/mol. The summed E-state index contributed by atoms with van der Waals surface area (Å²) < 4.78 is 0. The number of ketones is 1. The van der Waals surface area contributed by atoms with Gasteiger partial charge in [-0.2, -0.15) is 0 Å². The lowest BCUT2D eigenvalue weighted by Gasteiger charge is -2.28. The van der Waals surface area contributed by atoms with Crippen molar-refractivity contribution in [2.45, 2.75) is 31.6 Å². The van der Waals surface area contributed by atoms with Gasteiger partial charge >= 0.3 is 5.97 Å². The molecule has 1 aromatic heterocycles. The van der Waals surface area contributed by atoms with Crippen molar-refractivity contribution in [2.75, 3.05) is 0 Å². The normalized spacial score (nSPS) is 13.1. The fourth-order valence-electron chi connectivity index (χ4n) is 3.24. The molecule has 0 bridgehead atoms. The predicted molar refractivity (Wildman–Crippen MR) is 107 cm³/mol. The van der Waals surface area contributed by atoms with Crippen molar-refractivity contribution in [3.05, 3.63) is 77.3 Å². The average Bonchev–Trinajstić information content (AvgIpc) is 3.15. The van der Waals surface area contributed by atoms with Crippen molar-refractivity contribution < 1.29 is 14.7 Å². The Balaban J connectivity index is 1.78. The lowest BCUT2D eigenvalue weighted by Crippen LogP contribution is -2.38. The second kappa shape index (κ2) is 8.27. The molecule has 27 heavy (non-hydrogen) atoms. The van der Waals surface area contributed by atoms with E-state index in [1.165, 1.54) is 11.3 Å². The molecule has 5 heteroatoms. The van der Waals surface area contributed by atoms with E-state index >= 15 is 0 Å². The lowest BCUT2D eigenvalue weighted by atomic mass is 9.74. The number of hydrogen-bond acceptors (Lipinski definition) is 4. The number of carboxylic acid groups (broad SMARTS) is 1. The van der Waals surface area contributed by atoms with E-state index < -0.39 is 11.4 Å². The standard InChI is InChI=1S/C22H21NO3S/c1-2-22(21(25)26,17-11-7-4-8-12-17)14-19(24)13-18-15-27-20(23-18)16-9-5-3-6-10-16/h3-12,15H,2,13-14H2,1H3,(H,25,26). The zero-order valence-electron chi connectivity index (χ0n) is 15.1. The van der Waals surface area contributed by atoms with E-state index in [9.17, 15) is 14.7 Å². The first-order valence-corrected chi connectivity index (χ1v) is 9.73. The van der Waals surface area contributed by atoms with Crippen LogP contribution in [0.25, 0.3) is 10.6 Å². The molecule has 3 aromatic rings. The summed E-state index contributed by atoms with van der Waals surface area (Å²) in [7, 11) is 0. The van der Waals surface area contributed by atoms with Gasteiger partial charge in [-0.05, 0) is 12.0 Å². The molecule has 0 aliphatic rings. The van der Waals surface area contributed by atoms with Crippen LogP contribution < -0.4 is 0 Å². The summed E-state index contributed by atoms with van der Waals surface area (Å²) in [5.74, 6) is -1.08. The maximum atomic E-state index is 12.7. The van der Waals surface area contributed by atoms with E-state index in [-0.39, 0.29) is 18.6 Å². The Morgan fingerprint density at radius 3 is 2.26 bits per heavy atom. The van der Waals surface area contributed by atoms with E-state index in [1.807, 2.05) is 48.7 Å². The number of carboxylic acids is 1. The van der Waals surface area contributed by atoms with Crippen molar-refractivity contribution in [1.82, 2.24) is 4.98 Å². The average molecular weight is 379 g/mol. The van der Waals surface area contributed by atoms with Crippen LogP contribution in [0, 0.1) is 0 Å². The molecule has 2 aromatic carbocycles. The van der Waals surface area contributed by atoms with Gasteiger partial charge in [-0.15, -0.1) is 11.3 Å². The van der Waals surface area contributed by atoms with Gasteiger partial charge in [-0.1, -0.05) is 67.6 Å². The molecule has 138 valence electrons. The van der Waals surface area contributed by atoms with E-state index in [4.69, 9.17) is 0 Å². The first kappa shape index (κ1) is 19.0. The van der Waals surface area contributed by atoms with Gasteiger partial charge in [0.15, 0.2) is 0 Å². The van der Waals surface area contributed by atoms with Crippen LogP contribution in [0.5, 0.6) is 0 Å². The number of Topliss-reactive ketones (excluding diaryl/α,β-unsaturated/α-hetero) is 1. The number of carbonyl (C=O) groups is 2. The maximum absolute atomic E-state index is 12.7. The molecule has 0 fully saturated rings. The highest BCUT2D eigenvalue weighted by atomic mass is 32.1. The number of rotatable bonds is 8. The Morgan fingerprint density at radius 1 is 1.04 bits per heavy atom. The van der Waals surface area contributed by atoms with Crippen LogP contribution in [0.3, 0.4) is 0 Å². The van der Waals surface area contributed by atoms with Crippen molar-refractivity contribution in [3.63, 3.8) is 0 Å². The number of hydrogen-bond donors (Lipinski definition) is 1. The number of aromatic nitrogens is 1. The Bertz CT molecular complexity index is 921. The van der Waals surface area contributed by atoms with Gasteiger partial charge in [0.2, 0.25) is 0 Å².